The summed E-state index contributed by atoms with van der Waals surface area (Å²) in [4.78, 5) is 35.0. The summed E-state index contributed by atoms with van der Waals surface area (Å²) in [5.41, 5.74) is 4.19. The van der Waals surface area contributed by atoms with Gasteiger partial charge in [-0.15, -0.1) is 0 Å². The fraction of sp³-hybridized carbons (Fsp3) is 0.667. The lowest BCUT2D eigenvalue weighted by molar-refractivity contribution is -0.151. The first-order chi connectivity index (χ1) is 20.9. The molecule has 2 aliphatic carbocycles. The number of aliphatic hydroxyl groups is 1. The molecule has 2 saturated carbocycles. The van der Waals surface area contributed by atoms with Crippen LogP contribution in [0.2, 0.25) is 0 Å². The molecule has 1 aromatic carbocycles. The van der Waals surface area contributed by atoms with Crippen molar-refractivity contribution < 1.29 is 27.5 Å². The van der Waals surface area contributed by atoms with Crippen LogP contribution in [-0.4, -0.2) is 69.1 Å². The number of imidazole rings is 1. The number of nitrogens with one attached hydrogen (secondary N) is 2. The summed E-state index contributed by atoms with van der Waals surface area (Å²) >= 11 is 0. The van der Waals surface area contributed by atoms with Crippen LogP contribution in [-0.2, 0) is 32.3 Å². The van der Waals surface area contributed by atoms with Crippen LogP contribution < -0.4 is 5.43 Å². The number of aromatic amines is 1. The first-order valence-corrected chi connectivity index (χ1v) is 17.7. The van der Waals surface area contributed by atoms with Crippen molar-refractivity contribution in [2.75, 3.05) is 5.75 Å². The summed E-state index contributed by atoms with van der Waals surface area (Å²) in [6.07, 6.45) is 7.29. The third-order valence-electron chi connectivity index (χ3n) is 9.12. The minimum atomic E-state index is -3.72. The lowest BCUT2D eigenvalue weighted by Crippen LogP contribution is -2.60. The monoisotopic (exact) mass is 632 g/mol. The minimum Gasteiger partial charge on any atom is -0.388 e. The van der Waals surface area contributed by atoms with E-state index in [-0.39, 0.29) is 31.1 Å². The van der Waals surface area contributed by atoms with Gasteiger partial charge in [-0.3, -0.25) is 15.0 Å². The molecule has 0 radical (unpaired) electrons. The molecule has 3 N–H and O–H groups in total. The van der Waals surface area contributed by atoms with Crippen molar-refractivity contribution in [3.8, 4) is 0 Å². The van der Waals surface area contributed by atoms with Crippen molar-refractivity contribution >= 4 is 21.7 Å². The predicted octanol–water partition coefficient (Wildman–Crippen LogP) is 4.72. The van der Waals surface area contributed by atoms with Crippen LogP contribution >= 0.6 is 0 Å². The molecule has 2 fully saturated rings. The van der Waals surface area contributed by atoms with Gasteiger partial charge in [0, 0.05) is 12.6 Å². The number of alkyl halides is 1. The Morgan fingerprint density at radius 2 is 1.80 bits per heavy atom. The lowest BCUT2D eigenvalue weighted by Gasteiger charge is -2.39. The number of halogens is 1. The van der Waals surface area contributed by atoms with E-state index in [9.17, 15) is 23.1 Å². The molecule has 4 atom stereocenters. The molecule has 0 bridgehead atoms. The molecular formula is C33H49FN4O5S. The third-order valence-corrected chi connectivity index (χ3v) is 11.8. The van der Waals surface area contributed by atoms with E-state index in [2.05, 4.69) is 15.4 Å². The van der Waals surface area contributed by atoms with Crippen LogP contribution in [0.4, 0.5) is 4.39 Å². The number of carbonyl (C=O) groups excluding carboxylic acids is 2. The van der Waals surface area contributed by atoms with E-state index < -0.39 is 56.4 Å². The molecule has 0 aliphatic heterocycles. The summed E-state index contributed by atoms with van der Waals surface area (Å²) in [7, 11) is -3.72. The van der Waals surface area contributed by atoms with Crippen LogP contribution in [0.25, 0.3) is 0 Å². The average molecular weight is 633 g/mol. The van der Waals surface area contributed by atoms with E-state index in [1.54, 1.807) is 27.0 Å². The number of sulfone groups is 1. The second-order valence-corrected chi connectivity index (χ2v) is 16.4. The Morgan fingerprint density at radius 3 is 2.39 bits per heavy atom. The summed E-state index contributed by atoms with van der Waals surface area (Å²) in [6.45, 7) is 4.79. The van der Waals surface area contributed by atoms with Gasteiger partial charge in [-0.05, 0) is 70.3 Å². The van der Waals surface area contributed by atoms with Crippen LogP contribution in [0.1, 0.15) is 89.8 Å². The highest BCUT2D eigenvalue weighted by Crippen LogP contribution is 2.39. The van der Waals surface area contributed by atoms with E-state index in [1.165, 1.54) is 6.33 Å². The number of aliphatic hydroxyl groups excluding tert-OH is 1. The molecule has 1 unspecified atom stereocenters. The van der Waals surface area contributed by atoms with Crippen LogP contribution in [0.3, 0.4) is 0 Å². The molecule has 4 rings (SSSR count). The van der Waals surface area contributed by atoms with Gasteiger partial charge in [0.25, 0.3) is 0 Å². The molecule has 2 aromatic rings. The van der Waals surface area contributed by atoms with Gasteiger partial charge in [-0.25, -0.2) is 22.8 Å². The quantitative estimate of drug-likeness (QED) is 0.258. The maximum absolute atomic E-state index is 15.6. The van der Waals surface area contributed by atoms with E-state index in [0.29, 0.717) is 25.0 Å². The molecule has 2 aliphatic rings. The van der Waals surface area contributed by atoms with E-state index in [0.717, 1.165) is 42.7 Å². The fourth-order valence-corrected chi connectivity index (χ4v) is 7.33. The Hall–Kier alpha value is -2.79. The molecule has 0 saturated heterocycles. The fourth-order valence-electron chi connectivity index (χ4n) is 6.03. The topological polar surface area (TPSA) is 132 Å². The Labute approximate surface area is 261 Å². The number of carbonyl (C=O) groups is 2. The maximum atomic E-state index is 15.6. The minimum absolute atomic E-state index is 0.0248. The first kappa shape index (κ1) is 34.1. The SMILES string of the molecule is CC(C)(C)S(=O)(=O)CC(Cc1ccccc1)C(=O)NN(C(=O)CCc1c[nH]cn1)[C@@H](CC1CCCCC1)[C@@H](O)[C@H](F)C1CC1. The number of hydrogen-bond donors (Lipinski definition) is 3. The molecule has 0 spiro atoms. The Morgan fingerprint density at radius 1 is 1.11 bits per heavy atom. The molecule has 11 heteroatoms. The Bertz CT molecular complexity index is 1310. The highest BCUT2D eigenvalue weighted by Gasteiger charge is 2.44. The van der Waals surface area contributed by atoms with Crippen LogP contribution in [0, 0.1) is 17.8 Å². The number of H-pyrrole nitrogens is 1. The highest BCUT2D eigenvalue weighted by molar-refractivity contribution is 7.92. The van der Waals surface area contributed by atoms with Gasteiger partial charge in [-0.2, -0.15) is 0 Å². The zero-order valence-corrected chi connectivity index (χ0v) is 27.1. The summed E-state index contributed by atoms with van der Waals surface area (Å²) in [5.74, 6) is -2.64. The van der Waals surface area contributed by atoms with Crippen molar-refractivity contribution in [1.29, 1.82) is 0 Å². The van der Waals surface area contributed by atoms with Gasteiger partial charge in [0.2, 0.25) is 11.8 Å². The Kier molecular flexibility index (Phi) is 11.6. The standard InChI is InChI=1S/C33H49FN4O5S/c1-33(2,3)44(42,43)21-26(18-23-10-6-4-7-11-23)32(41)37-38(29(39)17-16-27-20-35-22-36-27)28(19-24-12-8-5-9-13-24)31(40)30(34)25-14-15-25/h4,6-7,10-11,20,22,24-26,28,30-31,40H,5,8-9,12-19,21H2,1-3H3,(H,35,36)(H,37,41)/t26?,28-,30+,31+/m0/s1. The number of amides is 2. The van der Waals surface area contributed by atoms with E-state index in [4.69, 9.17) is 0 Å². The van der Waals surface area contributed by atoms with Crippen molar-refractivity contribution in [2.45, 2.75) is 114 Å². The lowest BCUT2D eigenvalue weighted by atomic mass is 9.82. The number of aryl methyl sites for hydroxylation is 1. The Balaban J connectivity index is 1.65. The van der Waals surface area contributed by atoms with E-state index in [1.807, 2.05) is 30.3 Å². The zero-order chi connectivity index (χ0) is 31.9. The van der Waals surface area contributed by atoms with Crippen LogP contribution in [0.5, 0.6) is 0 Å². The number of hydrogen-bond acceptors (Lipinski definition) is 6. The second-order valence-electron chi connectivity index (χ2n) is 13.7. The summed E-state index contributed by atoms with van der Waals surface area (Å²) in [5, 5.41) is 12.6. The van der Waals surface area contributed by atoms with Crippen molar-refractivity contribution in [3.63, 3.8) is 0 Å². The highest BCUT2D eigenvalue weighted by atomic mass is 32.2. The molecule has 244 valence electrons. The van der Waals surface area contributed by atoms with E-state index >= 15 is 4.39 Å². The first-order valence-electron chi connectivity index (χ1n) is 16.0. The molecule has 44 heavy (non-hydrogen) atoms. The normalized spacial score (nSPS) is 19.1. The van der Waals surface area contributed by atoms with Gasteiger partial charge < -0.3 is 10.1 Å². The molecule has 2 amide bonds. The van der Waals surface area contributed by atoms with Gasteiger partial charge in [0.05, 0.1) is 34.5 Å². The van der Waals surface area contributed by atoms with Gasteiger partial charge >= 0.3 is 0 Å². The zero-order valence-electron chi connectivity index (χ0n) is 26.3. The average Bonchev–Trinajstić information content (AvgIpc) is 3.71. The maximum Gasteiger partial charge on any atom is 0.243 e. The number of hydrazine groups is 1. The molecular weight excluding hydrogens is 583 g/mol. The predicted molar refractivity (Wildman–Crippen MR) is 168 cm³/mol. The van der Waals surface area contributed by atoms with Gasteiger partial charge in [0.15, 0.2) is 9.84 Å². The smallest absolute Gasteiger partial charge is 0.243 e. The molecule has 1 heterocycles. The number of nitrogens with zero attached hydrogens (tertiary/aromatic N) is 2. The number of rotatable bonds is 14. The largest absolute Gasteiger partial charge is 0.388 e. The van der Waals surface area contributed by atoms with Gasteiger partial charge in [0.1, 0.15) is 12.3 Å². The van der Waals surface area contributed by atoms with Crippen LogP contribution in [0.15, 0.2) is 42.9 Å². The second kappa shape index (κ2) is 15.0. The van der Waals surface area contributed by atoms with Crippen molar-refractivity contribution in [2.24, 2.45) is 17.8 Å². The summed E-state index contributed by atoms with van der Waals surface area (Å²) < 4.78 is 41.1. The van der Waals surface area contributed by atoms with Crippen molar-refractivity contribution in [1.82, 2.24) is 20.4 Å². The molecule has 1 aromatic heterocycles. The third kappa shape index (κ3) is 9.36. The van der Waals surface area contributed by atoms with Crippen molar-refractivity contribution in [3.05, 3.63) is 54.1 Å². The molecule has 9 nitrogen and oxygen atoms in total. The summed E-state index contributed by atoms with van der Waals surface area (Å²) in [6, 6.07) is 8.16. The van der Waals surface area contributed by atoms with Gasteiger partial charge in [-0.1, -0.05) is 62.4 Å². The number of aromatic nitrogens is 2. The number of benzene rings is 1.